The number of hydrogen-bond donors (Lipinski definition) is 1. The van der Waals surface area contributed by atoms with Crippen LogP contribution in [0.15, 0.2) is 43.0 Å². The highest BCUT2D eigenvalue weighted by Crippen LogP contribution is 2.20. The molecular formula is C13H14O3. The quantitative estimate of drug-likeness (QED) is 0.746. The Balaban J connectivity index is 2.80. The molecule has 0 aliphatic heterocycles. The fourth-order valence-electron chi connectivity index (χ4n) is 1.51. The first-order chi connectivity index (χ1) is 7.65. The Morgan fingerprint density at radius 2 is 1.94 bits per heavy atom. The largest absolute Gasteiger partial charge is 0.481 e. The monoisotopic (exact) mass is 218 g/mol. The normalized spacial score (nSPS) is 11.8. The highest BCUT2D eigenvalue weighted by Gasteiger charge is 2.22. The van der Waals surface area contributed by atoms with Gasteiger partial charge in [0.05, 0.1) is 5.92 Å². The number of rotatable bonds is 6. The van der Waals surface area contributed by atoms with Gasteiger partial charge in [-0.1, -0.05) is 36.4 Å². The van der Waals surface area contributed by atoms with Crippen LogP contribution in [0.5, 0.6) is 0 Å². The summed E-state index contributed by atoms with van der Waals surface area (Å²) in [5.41, 5.74) is 0.660. The minimum absolute atomic E-state index is 0.0192. The van der Waals surface area contributed by atoms with Crippen molar-refractivity contribution in [1.82, 2.24) is 0 Å². The van der Waals surface area contributed by atoms with Gasteiger partial charge in [0.15, 0.2) is 0 Å². The van der Waals surface area contributed by atoms with E-state index in [0.29, 0.717) is 5.56 Å². The topological polar surface area (TPSA) is 54.4 Å². The van der Waals surface area contributed by atoms with Gasteiger partial charge in [0, 0.05) is 12.8 Å². The SMILES string of the molecule is C=CCC(=O)CC(C(=O)O)c1ccccc1. The van der Waals surface area contributed by atoms with Gasteiger partial charge in [-0.3, -0.25) is 9.59 Å². The lowest BCUT2D eigenvalue weighted by molar-refractivity contribution is -0.140. The van der Waals surface area contributed by atoms with Gasteiger partial charge in [-0.05, 0) is 5.56 Å². The Hall–Kier alpha value is -1.90. The maximum atomic E-state index is 11.4. The molecule has 0 radical (unpaired) electrons. The maximum Gasteiger partial charge on any atom is 0.311 e. The number of Topliss-reactive ketones (excluding diaryl/α,β-unsaturated/α-hetero) is 1. The van der Waals surface area contributed by atoms with Gasteiger partial charge >= 0.3 is 5.97 Å². The number of aliphatic carboxylic acids is 1. The van der Waals surface area contributed by atoms with Crippen molar-refractivity contribution in [2.45, 2.75) is 18.8 Å². The van der Waals surface area contributed by atoms with Crippen molar-refractivity contribution >= 4 is 11.8 Å². The summed E-state index contributed by atoms with van der Waals surface area (Å²) in [6.45, 7) is 3.46. The van der Waals surface area contributed by atoms with E-state index in [2.05, 4.69) is 6.58 Å². The summed E-state index contributed by atoms with van der Waals surface area (Å²) < 4.78 is 0. The molecule has 1 aromatic rings. The summed E-state index contributed by atoms with van der Waals surface area (Å²) >= 11 is 0. The van der Waals surface area contributed by atoms with Crippen LogP contribution in [-0.2, 0) is 9.59 Å². The summed E-state index contributed by atoms with van der Waals surface area (Å²) in [5.74, 6) is -1.83. The number of benzene rings is 1. The molecular weight excluding hydrogens is 204 g/mol. The lowest BCUT2D eigenvalue weighted by atomic mass is 9.93. The third kappa shape index (κ3) is 3.35. The van der Waals surface area contributed by atoms with Crippen molar-refractivity contribution in [3.8, 4) is 0 Å². The van der Waals surface area contributed by atoms with Crippen molar-refractivity contribution in [3.05, 3.63) is 48.6 Å². The van der Waals surface area contributed by atoms with E-state index in [4.69, 9.17) is 5.11 Å². The van der Waals surface area contributed by atoms with Crippen molar-refractivity contribution in [1.29, 1.82) is 0 Å². The van der Waals surface area contributed by atoms with Crippen molar-refractivity contribution in [3.63, 3.8) is 0 Å². The number of allylic oxidation sites excluding steroid dienone is 1. The molecule has 84 valence electrons. The van der Waals surface area contributed by atoms with Gasteiger partial charge in [-0.2, -0.15) is 0 Å². The molecule has 0 heterocycles. The molecule has 1 atom stereocenters. The smallest absolute Gasteiger partial charge is 0.311 e. The van der Waals surface area contributed by atoms with Gasteiger partial charge < -0.3 is 5.11 Å². The highest BCUT2D eigenvalue weighted by atomic mass is 16.4. The van der Waals surface area contributed by atoms with E-state index in [1.807, 2.05) is 6.07 Å². The Morgan fingerprint density at radius 3 is 2.44 bits per heavy atom. The molecule has 3 heteroatoms. The Morgan fingerprint density at radius 1 is 1.31 bits per heavy atom. The average Bonchev–Trinajstić information content (AvgIpc) is 2.27. The molecule has 0 amide bonds. The number of carbonyl (C=O) groups is 2. The van der Waals surface area contributed by atoms with Gasteiger partial charge in [-0.15, -0.1) is 6.58 Å². The molecule has 0 fully saturated rings. The zero-order chi connectivity index (χ0) is 12.0. The Labute approximate surface area is 94.4 Å². The number of hydrogen-bond acceptors (Lipinski definition) is 2. The zero-order valence-electron chi connectivity index (χ0n) is 8.93. The van der Waals surface area contributed by atoms with E-state index in [1.165, 1.54) is 6.08 Å². The second-order valence-electron chi connectivity index (χ2n) is 3.54. The van der Waals surface area contributed by atoms with E-state index < -0.39 is 11.9 Å². The lowest BCUT2D eigenvalue weighted by Crippen LogP contribution is -2.15. The molecule has 0 aromatic heterocycles. The average molecular weight is 218 g/mol. The Bertz CT molecular complexity index is 381. The summed E-state index contributed by atoms with van der Waals surface area (Å²) in [5, 5.41) is 9.07. The number of ketones is 1. The Kier molecular flexibility index (Phi) is 4.45. The van der Waals surface area contributed by atoms with Crippen molar-refractivity contribution in [2.24, 2.45) is 0 Å². The second kappa shape index (κ2) is 5.85. The van der Waals surface area contributed by atoms with Crippen LogP contribution in [0.25, 0.3) is 0 Å². The van der Waals surface area contributed by atoms with Crippen LogP contribution in [0.4, 0.5) is 0 Å². The standard InChI is InChI=1S/C13H14O3/c1-2-6-11(14)9-12(13(15)16)10-7-4-3-5-8-10/h2-5,7-8,12H,1,6,9H2,(H,15,16). The van der Waals surface area contributed by atoms with Crippen LogP contribution in [0.1, 0.15) is 24.3 Å². The van der Waals surface area contributed by atoms with Gasteiger partial charge in [0.2, 0.25) is 0 Å². The van der Waals surface area contributed by atoms with E-state index >= 15 is 0 Å². The van der Waals surface area contributed by atoms with E-state index in [9.17, 15) is 9.59 Å². The summed E-state index contributed by atoms with van der Waals surface area (Å²) in [6.07, 6.45) is 1.73. The van der Waals surface area contributed by atoms with Crippen LogP contribution in [0.3, 0.4) is 0 Å². The molecule has 0 aliphatic carbocycles. The van der Waals surface area contributed by atoms with Crippen LogP contribution in [0, 0.1) is 0 Å². The summed E-state index contributed by atoms with van der Waals surface area (Å²) in [4.78, 5) is 22.5. The predicted molar refractivity (Wildman–Crippen MR) is 61.3 cm³/mol. The van der Waals surface area contributed by atoms with E-state index in [-0.39, 0.29) is 18.6 Å². The van der Waals surface area contributed by atoms with Gasteiger partial charge in [0.25, 0.3) is 0 Å². The van der Waals surface area contributed by atoms with E-state index in [0.717, 1.165) is 0 Å². The highest BCUT2D eigenvalue weighted by molar-refractivity contribution is 5.87. The third-order valence-electron chi connectivity index (χ3n) is 2.30. The summed E-state index contributed by atoms with van der Waals surface area (Å²) in [6, 6.07) is 8.79. The number of carboxylic acid groups (broad SMARTS) is 1. The van der Waals surface area contributed by atoms with Gasteiger partial charge in [0.1, 0.15) is 5.78 Å². The third-order valence-corrected chi connectivity index (χ3v) is 2.30. The molecule has 1 N–H and O–H groups in total. The molecule has 3 nitrogen and oxygen atoms in total. The first-order valence-corrected chi connectivity index (χ1v) is 5.05. The molecule has 1 rings (SSSR count). The van der Waals surface area contributed by atoms with Crippen molar-refractivity contribution < 1.29 is 14.7 Å². The lowest BCUT2D eigenvalue weighted by Gasteiger charge is -2.11. The molecule has 0 spiro atoms. The molecule has 0 saturated carbocycles. The second-order valence-corrected chi connectivity index (χ2v) is 3.54. The molecule has 1 unspecified atom stereocenters. The minimum Gasteiger partial charge on any atom is -0.481 e. The van der Waals surface area contributed by atoms with Gasteiger partial charge in [-0.25, -0.2) is 0 Å². The maximum absolute atomic E-state index is 11.4. The molecule has 16 heavy (non-hydrogen) atoms. The first kappa shape index (κ1) is 12.2. The van der Waals surface area contributed by atoms with E-state index in [1.54, 1.807) is 24.3 Å². The predicted octanol–water partition coefficient (Wildman–Crippen LogP) is 2.39. The van der Waals surface area contributed by atoms with Crippen LogP contribution < -0.4 is 0 Å². The van der Waals surface area contributed by atoms with Crippen LogP contribution >= 0.6 is 0 Å². The number of carbonyl (C=O) groups excluding carboxylic acids is 1. The minimum atomic E-state index is -0.969. The van der Waals surface area contributed by atoms with Crippen LogP contribution in [0.2, 0.25) is 0 Å². The first-order valence-electron chi connectivity index (χ1n) is 5.05. The fraction of sp³-hybridized carbons (Fsp3) is 0.231. The molecule has 1 aromatic carbocycles. The molecule has 0 aliphatic rings. The fourth-order valence-corrected chi connectivity index (χ4v) is 1.51. The van der Waals surface area contributed by atoms with Crippen molar-refractivity contribution in [2.75, 3.05) is 0 Å². The number of carboxylic acids is 1. The zero-order valence-corrected chi connectivity index (χ0v) is 8.93. The summed E-state index contributed by atoms with van der Waals surface area (Å²) in [7, 11) is 0. The molecule has 0 saturated heterocycles. The van der Waals surface area contributed by atoms with Crippen LogP contribution in [-0.4, -0.2) is 16.9 Å². The molecule has 0 bridgehead atoms.